The Morgan fingerprint density at radius 3 is 2.62 bits per heavy atom. The zero-order valence-electron chi connectivity index (χ0n) is 6.59. The van der Waals surface area contributed by atoms with Gasteiger partial charge in [-0.05, 0) is 50.7 Å². The van der Waals surface area contributed by atoms with Crippen molar-refractivity contribution in [3.8, 4) is 0 Å². The van der Waals surface area contributed by atoms with Crippen LogP contribution in [0.4, 0.5) is 0 Å². The molecule has 5 heteroatoms. The second-order valence-electron chi connectivity index (χ2n) is 2.26. The Hall–Kier alpha value is 0.350. The fourth-order valence-corrected chi connectivity index (χ4v) is 1.50. The molecule has 0 heterocycles. The first-order chi connectivity index (χ1) is 5.65. The lowest BCUT2D eigenvalue weighted by Gasteiger charge is -1.99. The van der Waals surface area contributed by atoms with E-state index in [-0.39, 0.29) is 24.7 Å². The molecular formula is C8H8BrClINO. The zero-order valence-corrected chi connectivity index (χ0v) is 11.1. The first-order valence-corrected chi connectivity index (χ1v) is 5.20. The highest BCUT2D eigenvalue weighted by Crippen LogP contribution is 2.20. The van der Waals surface area contributed by atoms with Gasteiger partial charge in [0.05, 0.1) is 6.54 Å². The van der Waals surface area contributed by atoms with E-state index in [9.17, 15) is 4.79 Å². The van der Waals surface area contributed by atoms with Gasteiger partial charge in [0.2, 0.25) is 0 Å². The van der Waals surface area contributed by atoms with Crippen LogP contribution >= 0.6 is 50.9 Å². The molecule has 13 heavy (non-hydrogen) atoms. The minimum absolute atomic E-state index is 0. The number of ketones is 1. The minimum Gasteiger partial charge on any atom is -0.324 e. The molecule has 0 aromatic heterocycles. The number of carbonyl (C=O) groups excluding carboxylic acids is 1. The van der Waals surface area contributed by atoms with Gasteiger partial charge in [0.15, 0.2) is 5.78 Å². The Balaban J connectivity index is 0.00000144. The lowest BCUT2D eigenvalue weighted by atomic mass is 10.1. The maximum atomic E-state index is 11.1. The summed E-state index contributed by atoms with van der Waals surface area (Å²) < 4.78 is 2.02. The van der Waals surface area contributed by atoms with E-state index in [0.29, 0.717) is 5.56 Å². The first-order valence-electron chi connectivity index (χ1n) is 3.33. The zero-order chi connectivity index (χ0) is 9.14. The van der Waals surface area contributed by atoms with Crippen LogP contribution in [-0.4, -0.2) is 12.3 Å². The van der Waals surface area contributed by atoms with Gasteiger partial charge < -0.3 is 5.73 Å². The van der Waals surface area contributed by atoms with E-state index in [0.717, 1.165) is 8.04 Å². The van der Waals surface area contributed by atoms with E-state index in [4.69, 9.17) is 5.73 Å². The normalized spacial score (nSPS) is 9.15. The minimum atomic E-state index is -0.0351. The Morgan fingerprint density at radius 1 is 1.54 bits per heavy atom. The van der Waals surface area contributed by atoms with Gasteiger partial charge in [-0.1, -0.05) is 6.07 Å². The molecule has 0 unspecified atom stereocenters. The van der Waals surface area contributed by atoms with E-state index in [2.05, 4.69) is 38.5 Å². The van der Waals surface area contributed by atoms with Gasteiger partial charge in [-0.3, -0.25) is 4.79 Å². The average Bonchev–Trinajstić information content (AvgIpc) is 2.08. The SMILES string of the molecule is Cl.NCC(=O)c1ccc(I)c(Br)c1. The molecule has 2 N–H and O–H groups in total. The highest BCUT2D eigenvalue weighted by atomic mass is 127. The topological polar surface area (TPSA) is 43.1 Å². The van der Waals surface area contributed by atoms with E-state index in [1.165, 1.54) is 0 Å². The molecule has 0 aliphatic carbocycles. The van der Waals surface area contributed by atoms with Crippen LogP contribution < -0.4 is 5.73 Å². The van der Waals surface area contributed by atoms with Gasteiger partial charge >= 0.3 is 0 Å². The largest absolute Gasteiger partial charge is 0.324 e. The summed E-state index contributed by atoms with van der Waals surface area (Å²) in [6, 6.07) is 5.45. The van der Waals surface area contributed by atoms with Crippen molar-refractivity contribution >= 4 is 56.7 Å². The van der Waals surface area contributed by atoms with Crippen molar-refractivity contribution in [2.45, 2.75) is 0 Å². The molecule has 0 bridgehead atoms. The van der Waals surface area contributed by atoms with Crippen molar-refractivity contribution in [1.82, 2.24) is 0 Å². The van der Waals surface area contributed by atoms with Crippen LogP contribution in [0.15, 0.2) is 22.7 Å². The van der Waals surface area contributed by atoms with Crippen LogP contribution in [0.5, 0.6) is 0 Å². The molecule has 72 valence electrons. The Morgan fingerprint density at radius 2 is 2.15 bits per heavy atom. The van der Waals surface area contributed by atoms with Crippen LogP contribution in [0.2, 0.25) is 0 Å². The van der Waals surface area contributed by atoms with Crippen molar-refractivity contribution < 1.29 is 4.79 Å². The summed E-state index contributed by atoms with van der Waals surface area (Å²) in [6.45, 7) is 0.0625. The third-order valence-electron chi connectivity index (χ3n) is 1.43. The molecule has 0 radical (unpaired) electrons. The van der Waals surface area contributed by atoms with Crippen molar-refractivity contribution in [2.75, 3.05) is 6.54 Å². The number of halogens is 3. The van der Waals surface area contributed by atoms with Gasteiger partial charge in [-0.2, -0.15) is 0 Å². The number of hydrogen-bond acceptors (Lipinski definition) is 2. The highest BCUT2D eigenvalue weighted by Gasteiger charge is 2.04. The highest BCUT2D eigenvalue weighted by molar-refractivity contribution is 14.1. The molecule has 0 saturated carbocycles. The molecule has 0 spiro atoms. The number of nitrogens with two attached hydrogens (primary N) is 1. The van der Waals surface area contributed by atoms with Crippen LogP contribution in [-0.2, 0) is 0 Å². The van der Waals surface area contributed by atoms with E-state index < -0.39 is 0 Å². The second-order valence-corrected chi connectivity index (χ2v) is 4.27. The van der Waals surface area contributed by atoms with Crippen molar-refractivity contribution in [1.29, 1.82) is 0 Å². The summed E-state index contributed by atoms with van der Waals surface area (Å²) in [5.41, 5.74) is 5.88. The summed E-state index contributed by atoms with van der Waals surface area (Å²) in [6.07, 6.45) is 0. The predicted octanol–water partition coefficient (Wildman–Crippen LogP) is 2.62. The lowest BCUT2D eigenvalue weighted by Crippen LogP contribution is -2.13. The molecule has 2 nitrogen and oxygen atoms in total. The fourth-order valence-electron chi connectivity index (χ4n) is 0.787. The molecule has 0 aliphatic rings. The van der Waals surface area contributed by atoms with Crippen molar-refractivity contribution in [3.63, 3.8) is 0 Å². The molecule has 0 saturated heterocycles. The van der Waals surface area contributed by atoms with Gasteiger partial charge in [0.1, 0.15) is 0 Å². The predicted molar refractivity (Wildman–Crippen MR) is 67.5 cm³/mol. The molecule has 0 amide bonds. The van der Waals surface area contributed by atoms with Gasteiger partial charge in [-0.15, -0.1) is 12.4 Å². The Kier molecular flexibility index (Phi) is 6.11. The monoisotopic (exact) mass is 375 g/mol. The summed E-state index contributed by atoms with van der Waals surface area (Å²) in [4.78, 5) is 11.1. The molecule has 1 rings (SSSR count). The first kappa shape index (κ1) is 13.4. The van der Waals surface area contributed by atoms with Gasteiger partial charge in [0, 0.05) is 13.6 Å². The molecule has 0 aliphatic heterocycles. The molecule has 0 atom stereocenters. The molecule has 1 aromatic carbocycles. The summed E-state index contributed by atoms with van der Waals surface area (Å²) in [7, 11) is 0. The lowest BCUT2D eigenvalue weighted by molar-refractivity contribution is 0.100. The summed E-state index contributed by atoms with van der Waals surface area (Å²) >= 11 is 5.53. The van der Waals surface area contributed by atoms with Crippen LogP contribution in [0.1, 0.15) is 10.4 Å². The number of Topliss-reactive ketones (excluding diaryl/α,β-unsaturated/α-hetero) is 1. The van der Waals surface area contributed by atoms with Gasteiger partial charge in [0.25, 0.3) is 0 Å². The number of hydrogen-bond donors (Lipinski definition) is 1. The summed E-state index contributed by atoms with van der Waals surface area (Å²) in [5.74, 6) is -0.0351. The average molecular weight is 376 g/mol. The third kappa shape index (κ3) is 3.53. The molecular weight excluding hydrogens is 368 g/mol. The van der Waals surface area contributed by atoms with Crippen LogP contribution in [0, 0.1) is 3.57 Å². The van der Waals surface area contributed by atoms with Crippen LogP contribution in [0.25, 0.3) is 0 Å². The van der Waals surface area contributed by atoms with E-state index in [1.807, 2.05) is 6.07 Å². The number of rotatable bonds is 2. The fraction of sp³-hybridized carbons (Fsp3) is 0.125. The Labute approximate surface area is 105 Å². The summed E-state index contributed by atoms with van der Waals surface area (Å²) in [5, 5.41) is 0. The van der Waals surface area contributed by atoms with Crippen molar-refractivity contribution in [3.05, 3.63) is 31.8 Å². The maximum absolute atomic E-state index is 11.1. The van der Waals surface area contributed by atoms with E-state index in [1.54, 1.807) is 12.1 Å². The maximum Gasteiger partial charge on any atom is 0.176 e. The second kappa shape index (κ2) is 5.95. The number of benzene rings is 1. The quantitative estimate of drug-likeness (QED) is 0.637. The van der Waals surface area contributed by atoms with Gasteiger partial charge in [-0.25, -0.2) is 0 Å². The number of carbonyl (C=O) groups is 1. The van der Waals surface area contributed by atoms with E-state index >= 15 is 0 Å². The standard InChI is InChI=1S/C8H7BrINO.ClH/c9-6-3-5(8(12)4-11)1-2-7(6)10;/h1-3H,4,11H2;1H. The Bertz CT molecular complexity index is 319. The third-order valence-corrected chi connectivity index (χ3v) is 3.76. The van der Waals surface area contributed by atoms with Crippen LogP contribution in [0.3, 0.4) is 0 Å². The molecule has 1 aromatic rings. The van der Waals surface area contributed by atoms with Crippen molar-refractivity contribution in [2.24, 2.45) is 5.73 Å². The smallest absolute Gasteiger partial charge is 0.176 e. The molecule has 0 fully saturated rings.